The number of nitrogen functional groups attached to an aromatic ring is 2. The van der Waals surface area contributed by atoms with Gasteiger partial charge in [-0.25, -0.2) is 9.97 Å². The predicted octanol–water partition coefficient (Wildman–Crippen LogP) is 3.12. The maximum Gasteiger partial charge on any atom is 0.274 e. The van der Waals surface area contributed by atoms with E-state index >= 15 is 0 Å². The third-order valence-corrected chi connectivity index (χ3v) is 4.39. The van der Waals surface area contributed by atoms with E-state index in [1.165, 1.54) is 51.4 Å². The quantitative estimate of drug-likeness (QED) is 0.413. The van der Waals surface area contributed by atoms with E-state index in [0.717, 1.165) is 36.1 Å². The maximum absolute atomic E-state index is 5.75. The van der Waals surface area contributed by atoms with Crippen LogP contribution < -0.4 is 32.1 Å². The number of nitrogens with two attached hydrogens (primary N) is 2. The summed E-state index contributed by atoms with van der Waals surface area (Å²) in [6.07, 6.45) is 14.0. The molecule has 0 saturated carbocycles. The minimum Gasteiger partial charge on any atom is -0.398 e. The number of rotatable bonds is 13. The molecule has 6 heteroatoms. The SMILES string of the molecule is Nc1cc[nH+]c(NCCCCCCCCCCNc2cc(N)cc[nH+]2)c1. The van der Waals surface area contributed by atoms with E-state index in [2.05, 4.69) is 20.6 Å². The molecule has 0 bridgehead atoms. The van der Waals surface area contributed by atoms with E-state index in [0.29, 0.717) is 0 Å². The largest absolute Gasteiger partial charge is 0.398 e. The fourth-order valence-electron chi connectivity index (χ4n) is 2.93. The van der Waals surface area contributed by atoms with Gasteiger partial charge in [-0.2, -0.15) is 0 Å². The van der Waals surface area contributed by atoms with Gasteiger partial charge in [0.15, 0.2) is 0 Å². The Balaban J connectivity index is 1.36. The van der Waals surface area contributed by atoms with Crippen LogP contribution in [0.4, 0.5) is 23.0 Å². The van der Waals surface area contributed by atoms with E-state index in [-0.39, 0.29) is 0 Å². The summed E-state index contributed by atoms with van der Waals surface area (Å²) in [6, 6.07) is 7.58. The standard InChI is InChI=1S/C20H32N6/c21-17-9-13-25-19(15-17)23-11-7-5-3-1-2-4-6-8-12-24-20-16-18(22)10-14-26-20/h9-10,13-16H,1-8,11-12H2,(H3,21,23,25)(H3,22,24,26)/p+2. The highest BCUT2D eigenvalue weighted by atomic mass is 15.0. The van der Waals surface area contributed by atoms with Crippen LogP contribution in [-0.2, 0) is 0 Å². The summed E-state index contributed by atoms with van der Waals surface area (Å²) in [5, 5.41) is 6.75. The van der Waals surface area contributed by atoms with Crippen LogP contribution in [0, 0.1) is 0 Å². The Bertz CT molecular complexity index is 576. The van der Waals surface area contributed by atoms with Crippen molar-refractivity contribution in [2.45, 2.75) is 51.4 Å². The van der Waals surface area contributed by atoms with Gasteiger partial charge in [0.2, 0.25) is 0 Å². The molecule has 2 rings (SSSR count). The molecule has 0 aliphatic rings. The predicted molar refractivity (Wildman–Crippen MR) is 109 cm³/mol. The molecule has 8 N–H and O–H groups in total. The Morgan fingerprint density at radius 2 is 1.00 bits per heavy atom. The van der Waals surface area contributed by atoms with Gasteiger partial charge in [-0.15, -0.1) is 0 Å². The second kappa shape index (κ2) is 12.0. The van der Waals surface area contributed by atoms with Gasteiger partial charge in [-0.3, -0.25) is 10.6 Å². The first-order valence-corrected chi connectivity index (χ1v) is 9.76. The Morgan fingerprint density at radius 1 is 0.615 bits per heavy atom. The Labute approximate surface area is 156 Å². The maximum atomic E-state index is 5.75. The number of hydrogen-bond donors (Lipinski definition) is 4. The topological polar surface area (TPSA) is 104 Å². The van der Waals surface area contributed by atoms with Crippen molar-refractivity contribution in [2.75, 3.05) is 35.2 Å². The second-order valence-corrected chi connectivity index (χ2v) is 6.75. The smallest absolute Gasteiger partial charge is 0.274 e. The molecule has 26 heavy (non-hydrogen) atoms. The van der Waals surface area contributed by atoms with Gasteiger partial charge in [0.1, 0.15) is 0 Å². The Kier molecular flexibility index (Phi) is 9.11. The average Bonchev–Trinajstić information content (AvgIpc) is 2.63. The van der Waals surface area contributed by atoms with Gasteiger partial charge in [-0.05, 0) is 25.7 Å². The Morgan fingerprint density at radius 3 is 1.38 bits per heavy atom. The molecule has 0 fully saturated rings. The molecule has 2 aromatic rings. The monoisotopic (exact) mass is 358 g/mol. The van der Waals surface area contributed by atoms with E-state index in [1.54, 1.807) is 0 Å². The number of pyridine rings is 2. The van der Waals surface area contributed by atoms with Crippen molar-refractivity contribution in [2.24, 2.45) is 0 Å². The highest BCUT2D eigenvalue weighted by Gasteiger charge is 2.01. The molecular weight excluding hydrogens is 324 g/mol. The van der Waals surface area contributed by atoms with Crippen molar-refractivity contribution in [3.63, 3.8) is 0 Å². The second-order valence-electron chi connectivity index (χ2n) is 6.75. The summed E-state index contributed by atoms with van der Waals surface area (Å²) >= 11 is 0. The number of unbranched alkanes of at least 4 members (excludes halogenated alkanes) is 7. The van der Waals surface area contributed by atoms with E-state index < -0.39 is 0 Å². The number of hydrogen-bond acceptors (Lipinski definition) is 4. The molecule has 0 saturated heterocycles. The van der Waals surface area contributed by atoms with Crippen LogP contribution in [0.25, 0.3) is 0 Å². The van der Waals surface area contributed by atoms with Crippen LogP contribution in [0.2, 0.25) is 0 Å². The molecule has 0 spiro atoms. The van der Waals surface area contributed by atoms with Crippen molar-refractivity contribution in [3.8, 4) is 0 Å². The molecular formula is C20H34N6+2. The first-order valence-electron chi connectivity index (χ1n) is 9.76. The third kappa shape index (κ3) is 8.55. The van der Waals surface area contributed by atoms with Gasteiger partial charge < -0.3 is 11.5 Å². The summed E-state index contributed by atoms with van der Waals surface area (Å²) in [5.74, 6) is 1.99. The van der Waals surface area contributed by atoms with Gasteiger partial charge in [0.05, 0.1) is 37.6 Å². The molecule has 0 unspecified atom stereocenters. The van der Waals surface area contributed by atoms with E-state index in [9.17, 15) is 0 Å². The van der Waals surface area contributed by atoms with Crippen molar-refractivity contribution < 1.29 is 9.97 Å². The number of aromatic amines is 2. The molecule has 0 amide bonds. The summed E-state index contributed by atoms with van der Waals surface area (Å²) in [6.45, 7) is 1.99. The van der Waals surface area contributed by atoms with Crippen LogP contribution >= 0.6 is 0 Å². The Hall–Kier alpha value is -2.50. The molecule has 0 radical (unpaired) electrons. The molecule has 2 heterocycles. The molecule has 0 aromatic carbocycles. The lowest BCUT2D eigenvalue weighted by Crippen LogP contribution is -2.13. The van der Waals surface area contributed by atoms with Crippen LogP contribution in [0.5, 0.6) is 0 Å². The van der Waals surface area contributed by atoms with Crippen LogP contribution in [0.3, 0.4) is 0 Å². The highest BCUT2D eigenvalue weighted by molar-refractivity contribution is 5.45. The number of anilines is 4. The first kappa shape index (κ1) is 19.8. The first-order chi connectivity index (χ1) is 12.7. The van der Waals surface area contributed by atoms with Crippen molar-refractivity contribution in [1.29, 1.82) is 0 Å². The molecule has 0 aliphatic carbocycles. The average molecular weight is 359 g/mol. The minimum atomic E-state index is 0.785. The highest BCUT2D eigenvalue weighted by Crippen LogP contribution is 2.10. The molecule has 6 nitrogen and oxygen atoms in total. The summed E-state index contributed by atoms with van der Waals surface area (Å²) in [5.41, 5.74) is 13.1. The third-order valence-electron chi connectivity index (χ3n) is 4.39. The van der Waals surface area contributed by atoms with Crippen molar-refractivity contribution >= 4 is 23.0 Å². The summed E-state index contributed by atoms with van der Waals surface area (Å²) in [7, 11) is 0. The van der Waals surface area contributed by atoms with Crippen LogP contribution in [0.15, 0.2) is 36.7 Å². The number of H-pyrrole nitrogens is 2. The lowest BCUT2D eigenvalue weighted by atomic mass is 10.1. The van der Waals surface area contributed by atoms with E-state index in [1.807, 2.05) is 36.7 Å². The molecule has 0 atom stereocenters. The van der Waals surface area contributed by atoms with Crippen LogP contribution in [-0.4, -0.2) is 13.1 Å². The van der Waals surface area contributed by atoms with Gasteiger partial charge in [0, 0.05) is 23.5 Å². The molecule has 2 aromatic heterocycles. The normalized spacial score (nSPS) is 10.6. The van der Waals surface area contributed by atoms with Crippen molar-refractivity contribution in [1.82, 2.24) is 0 Å². The molecule has 142 valence electrons. The number of nitrogens with one attached hydrogen (secondary N) is 4. The van der Waals surface area contributed by atoms with Crippen LogP contribution in [0.1, 0.15) is 51.4 Å². The summed E-state index contributed by atoms with van der Waals surface area (Å²) < 4.78 is 0. The van der Waals surface area contributed by atoms with Gasteiger partial charge in [-0.1, -0.05) is 25.7 Å². The fourth-order valence-corrected chi connectivity index (χ4v) is 2.93. The summed E-state index contributed by atoms with van der Waals surface area (Å²) in [4.78, 5) is 6.31. The lowest BCUT2D eigenvalue weighted by molar-refractivity contribution is -0.361. The zero-order valence-corrected chi connectivity index (χ0v) is 15.7. The minimum absolute atomic E-state index is 0.785. The fraction of sp³-hybridized carbons (Fsp3) is 0.500. The zero-order valence-electron chi connectivity index (χ0n) is 15.7. The zero-order chi connectivity index (χ0) is 18.5. The van der Waals surface area contributed by atoms with E-state index in [4.69, 9.17) is 11.5 Å². The van der Waals surface area contributed by atoms with Gasteiger partial charge >= 0.3 is 0 Å². The van der Waals surface area contributed by atoms with Gasteiger partial charge in [0.25, 0.3) is 11.6 Å². The van der Waals surface area contributed by atoms with Crippen molar-refractivity contribution in [3.05, 3.63) is 36.7 Å². The number of aromatic nitrogens is 2. The molecule has 0 aliphatic heterocycles. The lowest BCUT2D eigenvalue weighted by Gasteiger charge is -2.03.